The van der Waals surface area contributed by atoms with Crippen molar-refractivity contribution >= 4 is 29.2 Å². The van der Waals surface area contributed by atoms with Crippen LogP contribution in [0.15, 0.2) is 24.3 Å². The van der Waals surface area contributed by atoms with E-state index in [0.717, 1.165) is 0 Å². The number of methoxy groups -OCH3 is 1. The molecule has 0 aromatic heterocycles. The Balaban J connectivity index is 1.73. The fraction of sp³-hybridized carbons (Fsp3) is 0.526. The molecule has 1 N–H and O–H groups in total. The van der Waals surface area contributed by atoms with E-state index >= 15 is 0 Å². The third-order valence-electron chi connectivity index (χ3n) is 5.24. The van der Waals surface area contributed by atoms with E-state index in [9.17, 15) is 14.4 Å². The molecule has 0 unspecified atom stereocenters. The van der Waals surface area contributed by atoms with E-state index < -0.39 is 5.54 Å². The maximum atomic E-state index is 13.1. The molecule has 7 heteroatoms. The molecular formula is C19H25N3O4. The second kappa shape index (κ2) is 7.07. The Morgan fingerprint density at radius 1 is 1.23 bits per heavy atom. The van der Waals surface area contributed by atoms with Crippen LogP contribution in [0.1, 0.15) is 26.7 Å². The van der Waals surface area contributed by atoms with Crippen molar-refractivity contribution in [3.8, 4) is 0 Å². The summed E-state index contributed by atoms with van der Waals surface area (Å²) in [5.74, 6) is -0.592. The van der Waals surface area contributed by atoms with Crippen LogP contribution in [0.2, 0.25) is 0 Å². The molecular weight excluding hydrogens is 334 g/mol. The predicted molar refractivity (Wildman–Crippen MR) is 97.8 cm³/mol. The normalized spacial score (nSPS) is 20.3. The second-order valence-electron chi connectivity index (χ2n) is 7.33. The molecule has 140 valence electrons. The molecule has 7 nitrogen and oxygen atoms in total. The van der Waals surface area contributed by atoms with Crippen molar-refractivity contribution in [2.24, 2.45) is 5.92 Å². The fourth-order valence-corrected chi connectivity index (χ4v) is 3.65. The standard InChI is InChI=1S/C19H25N3O4/c1-19(2)18(25)20-14-6-4-5-7-15(14)22(19)16(23)12-21-10-8-13(9-11-21)17(24)26-3/h4-7,13H,8-12H2,1-3H3,(H,20,25). The molecule has 2 amide bonds. The summed E-state index contributed by atoms with van der Waals surface area (Å²) in [5.41, 5.74) is 0.400. The topological polar surface area (TPSA) is 79.0 Å². The van der Waals surface area contributed by atoms with Crippen LogP contribution < -0.4 is 10.2 Å². The zero-order chi connectivity index (χ0) is 18.9. The van der Waals surface area contributed by atoms with Gasteiger partial charge in [0.25, 0.3) is 0 Å². The van der Waals surface area contributed by atoms with Crippen LogP contribution in [-0.4, -0.2) is 55.0 Å². The largest absolute Gasteiger partial charge is 0.469 e. The average molecular weight is 359 g/mol. The van der Waals surface area contributed by atoms with Crippen LogP contribution in [0.25, 0.3) is 0 Å². The first kappa shape index (κ1) is 18.4. The molecule has 0 bridgehead atoms. The second-order valence-corrected chi connectivity index (χ2v) is 7.33. The first-order valence-electron chi connectivity index (χ1n) is 8.88. The van der Waals surface area contributed by atoms with E-state index in [-0.39, 0.29) is 30.2 Å². The van der Waals surface area contributed by atoms with Gasteiger partial charge in [0.2, 0.25) is 11.8 Å². The summed E-state index contributed by atoms with van der Waals surface area (Å²) in [6.07, 6.45) is 1.36. The number of esters is 1. The van der Waals surface area contributed by atoms with E-state index in [0.29, 0.717) is 37.3 Å². The number of likely N-dealkylation sites (tertiary alicyclic amines) is 1. The summed E-state index contributed by atoms with van der Waals surface area (Å²) in [6, 6.07) is 7.33. The van der Waals surface area contributed by atoms with Gasteiger partial charge in [0.05, 0.1) is 30.9 Å². The van der Waals surface area contributed by atoms with Crippen molar-refractivity contribution in [2.75, 3.05) is 37.0 Å². The van der Waals surface area contributed by atoms with Crippen LogP contribution in [0, 0.1) is 5.92 Å². The molecule has 0 saturated carbocycles. The Morgan fingerprint density at radius 2 is 1.88 bits per heavy atom. The van der Waals surface area contributed by atoms with Gasteiger partial charge in [-0.1, -0.05) is 12.1 Å². The van der Waals surface area contributed by atoms with E-state index in [1.807, 2.05) is 23.1 Å². The number of hydrogen-bond donors (Lipinski definition) is 1. The van der Waals surface area contributed by atoms with Crippen molar-refractivity contribution in [1.29, 1.82) is 0 Å². The summed E-state index contributed by atoms with van der Waals surface area (Å²) in [4.78, 5) is 40.8. The summed E-state index contributed by atoms with van der Waals surface area (Å²) in [5, 5.41) is 2.87. The molecule has 3 rings (SSSR count). The van der Waals surface area contributed by atoms with Crippen molar-refractivity contribution in [3.05, 3.63) is 24.3 Å². The third kappa shape index (κ3) is 3.31. The molecule has 26 heavy (non-hydrogen) atoms. The Bertz CT molecular complexity index is 723. The average Bonchev–Trinajstić information content (AvgIpc) is 2.62. The number of carbonyl (C=O) groups excluding carboxylic acids is 3. The van der Waals surface area contributed by atoms with Crippen LogP contribution >= 0.6 is 0 Å². The number of nitrogens with zero attached hydrogens (tertiary/aromatic N) is 2. The molecule has 1 aromatic rings. The lowest BCUT2D eigenvalue weighted by Gasteiger charge is -2.43. The minimum atomic E-state index is -0.963. The third-order valence-corrected chi connectivity index (χ3v) is 5.24. The molecule has 2 aliphatic heterocycles. The number of anilines is 2. The lowest BCUT2D eigenvalue weighted by molar-refractivity contribution is -0.147. The van der Waals surface area contributed by atoms with Gasteiger partial charge in [-0.05, 0) is 51.9 Å². The molecule has 1 saturated heterocycles. The number of hydrogen-bond acceptors (Lipinski definition) is 5. The highest BCUT2D eigenvalue weighted by molar-refractivity contribution is 6.14. The zero-order valence-electron chi connectivity index (χ0n) is 15.4. The predicted octanol–water partition coefficient (Wildman–Crippen LogP) is 1.64. The molecule has 0 radical (unpaired) electrons. The van der Waals surface area contributed by atoms with Gasteiger partial charge in [0.1, 0.15) is 5.54 Å². The number of para-hydroxylation sites is 2. The van der Waals surface area contributed by atoms with Gasteiger partial charge in [-0.3, -0.25) is 24.2 Å². The quantitative estimate of drug-likeness (QED) is 0.830. The van der Waals surface area contributed by atoms with E-state index in [2.05, 4.69) is 5.32 Å². The van der Waals surface area contributed by atoms with Gasteiger partial charge in [-0.2, -0.15) is 0 Å². The van der Waals surface area contributed by atoms with Gasteiger partial charge in [-0.25, -0.2) is 0 Å². The molecule has 2 aliphatic rings. The van der Waals surface area contributed by atoms with Crippen LogP contribution in [0.5, 0.6) is 0 Å². The molecule has 0 spiro atoms. The number of piperidine rings is 1. The van der Waals surface area contributed by atoms with Crippen LogP contribution in [0.3, 0.4) is 0 Å². The van der Waals surface area contributed by atoms with Gasteiger partial charge in [-0.15, -0.1) is 0 Å². The van der Waals surface area contributed by atoms with Crippen molar-refractivity contribution in [3.63, 3.8) is 0 Å². The number of ether oxygens (including phenoxy) is 1. The fourth-order valence-electron chi connectivity index (χ4n) is 3.65. The number of nitrogens with one attached hydrogen (secondary N) is 1. The molecule has 0 atom stereocenters. The highest BCUT2D eigenvalue weighted by Gasteiger charge is 2.43. The highest BCUT2D eigenvalue weighted by atomic mass is 16.5. The molecule has 0 aliphatic carbocycles. The van der Waals surface area contributed by atoms with Crippen LogP contribution in [-0.2, 0) is 19.1 Å². The number of amides is 2. The Hall–Kier alpha value is -2.41. The lowest BCUT2D eigenvalue weighted by atomic mass is 9.95. The Morgan fingerprint density at radius 3 is 2.54 bits per heavy atom. The first-order chi connectivity index (χ1) is 12.3. The number of rotatable bonds is 3. The van der Waals surface area contributed by atoms with Gasteiger partial charge in [0, 0.05) is 0 Å². The van der Waals surface area contributed by atoms with Gasteiger partial charge >= 0.3 is 5.97 Å². The maximum absolute atomic E-state index is 13.1. The smallest absolute Gasteiger partial charge is 0.308 e. The number of carbonyl (C=O) groups is 3. The Labute approximate surface area is 153 Å². The summed E-state index contributed by atoms with van der Waals surface area (Å²) in [6.45, 7) is 5.04. The van der Waals surface area contributed by atoms with Crippen LogP contribution in [0.4, 0.5) is 11.4 Å². The lowest BCUT2D eigenvalue weighted by Crippen LogP contribution is -2.60. The minimum Gasteiger partial charge on any atom is -0.469 e. The first-order valence-corrected chi connectivity index (χ1v) is 8.88. The van der Waals surface area contributed by atoms with Crippen molar-refractivity contribution in [2.45, 2.75) is 32.2 Å². The number of benzene rings is 1. The maximum Gasteiger partial charge on any atom is 0.308 e. The highest BCUT2D eigenvalue weighted by Crippen LogP contribution is 2.36. The monoisotopic (exact) mass is 359 g/mol. The molecule has 1 aromatic carbocycles. The van der Waals surface area contributed by atoms with E-state index in [1.165, 1.54) is 7.11 Å². The minimum absolute atomic E-state index is 0.0933. The van der Waals surface area contributed by atoms with E-state index in [1.54, 1.807) is 24.8 Å². The SMILES string of the molecule is COC(=O)C1CCN(CC(=O)N2c3ccccc3NC(=O)C2(C)C)CC1. The summed E-state index contributed by atoms with van der Waals surface area (Å²) in [7, 11) is 1.40. The molecule has 2 heterocycles. The van der Waals surface area contributed by atoms with E-state index in [4.69, 9.17) is 4.74 Å². The summed E-state index contributed by atoms with van der Waals surface area (Å²) >= 11 is 0. The zero-order valence-corrected chi connectivity index (χ0v) is 15.4. The summed E-state index contributed by atoms with van der Waals surface area (Å²) < 4.78 is 4.80. The van der Waals surface area contributed by atoms with Crippen molar-refractivity contribution < 1.29 is 19.1 Å². The molecule has 1 fully saturated rings. The number of fused-ring (bicyclic) bond motifs is 1. The van der Waals surface area contributed by atoms with Crippen molar-refractivity contribution in [1.82, 2.24) is 4.90 Å². The Kier molecular flexibility index (Phi) is 5.00. The van der Waals surface area contributed by atoms with Gasteiger partial charge < -0.3 is 10.1 Å². The van der Waals surface area contributed by atoms with Gasteiger partial charge in [0.15, 0.2) is 0 Å².